The highest BCUT2D eigenvalue weighted by molar-refractivity contribution is 5.70. The lowest BCUT2D eigenvalue weighted by Crippen LogP contribution is -2.46. The maximum atomic E-state index is 14.6. The molecule has 4 rings (SSSR count). The van der Waals surface area contributed by atoms with E-state index in [1.54, 1.807) is 24.3 Å². The standard InChI is InChI=1S/C21H20F4N4/c22-17-9-15(13-4-3-5-14(8-13)20-27-12-28-29-20)10-18(23)16(17)11-26-19-6-1-2-7-21(19,24)25/h3-5,8-10,12,19,26H,1-2,6-7,11H2,(H,27,28,29). The summed E-state index contributed by atoms with van der Waals surface area (Å²) in [5.41, 5.74) is 1.45. The van der Waals surface area contributed by atoms with Crippen LogP contribution in [0.3, 0.4) is 0 Å². The van der Waals surface area contributed by atoms with Gasteiger partial charge >= 0.3 is 0 Å². The molecule has 1 saturated carbocycles. The molecule has 1 aliphatic carbocycles. The predicted octanol–water partition coefficient (Wildman–Crippen LogP) is 5.08. The van der Waals surface area contributed by atoms with Crippen molar-refractivity contribution in [3.63, 3.8) is 0 Å². The number of alkyl halides is 2. The zero-order valence-corrected chi connectivity index (χ0v) is 15.6. The molecule has 0 aliphatic heterocycles. The van der Waals surface area contributed by atoms with Gasteiger partial charge in [-0.2, -0.15) is 5.10 Å². The Hall–Kier alpha value is -2.74. The lowest BCUT2D eigenvalue weighted by Gasteiger charge is -2.32. The smallest absolute Gasteiger partial charge is 0.263 e. The maximum absolute atomic E-state index is 14.6. The van der Waals surface area contributed by atoms with Crippen LogP contribution >= 0.6 is 0 Å². The number of nitrogens with one attached hydrogen (secondary N) is 2. The third-order valence-electron chi connectivity index (χ3n) is 5.31. The molecule has 0 bridgehead atoms. The van der Waals surface area contributed by atoms with Gasteiger partial charge in [-0.3, -0.25) is 5.10 Å². The van der Waals surface area contributed by atoms with Crippen molar-refractivity contribution >= 4 is 0 Å². The predicted molar refractivity (Wildman–Crippen MR) is 101 cm³/mol. The van der Waals surface area contributed by atoms with Crippen LogP contribution in [0.25, 0.3) is 22.5 Å². The zero-order chi connectivity index (χ0) is 20.4. The number of aromatic nitrogens is 3. The molecule has 1 fully saturated rings. The molecule has 1 atom stereocenters. The number of aromatic amines is 1. The summed E-state index contributed by atoms with van der Waals surface area (Å²) >= 11 is 0. The Kier molecular flexibility index (Phi) is 5.36. The second-order valence-corrected chi connectivity index (χ2v) is 7.27. The zero-order valence-electron chi connectivity index (χ0n) is 15.6. The van der Waals surface area contributed by atoms with Gasteiger partial charge in [0, 0.05) is 24.1 Å². The second kappa shape index (κ2) is 7.94. The molecule has 0 radical (unpaired) electrons. The molecule has 8 heteroatoms. The maximum Gasteiger partial charge on any atom is 0.263 e. The fraction of sp³-hybridized carbons (Fsp3) is 0.333. The molecule has 0 spiro atoms. The van der Waals surface area contributed by atoms with Gasteiger partial charge in [0.1, 0.15) is 18.0 Å². The highest BCUT2D eigenvalue weighted by Crippen LogP contribution is 2.34. The fourth-order valence-electron chi connectivity index (χ4n) is 3.70. The van der Waals surface area contributed by atoms with Crippen LogP contribution in [0, 0.1) is 11.6 Å². The first-order chi connectivity index (χ1) is 13.9. The van der Waals surface area contributed by atoms with Gasteiger partial charge in [0.25, 0.3) is 5.92 Å². The third kappa shape index (κ3) is 4.17. The van der Waals surface area contributed by atoms with E-state index in [2.05, 4.69) is 20.5 Å². The van der Waals surface area contributed by atoms with Crippen molar-refractivity contribution in [2.75, 3.05) is 0 Å². The number of hydrogen-bond acceptors (Lipinski definition) is 3. The second-order valence-electron chi connectivity index (χ2n) is 7.27. The monoisotopic (exact) mass is 404 g/mol. The van der Waals surface area contributed by atoms with Gasteiger partial charge in [-0.1, -0.05) is 24.6 Å². The van der Waals surface area contributed by atoms with Crippen molar-refractivity contribution < 1.29 is 17.6 Å². The van der Waals surface area contributed by atoms with Crippen LogP contribution in [-0.4, -0.2) is 27.1 Å². The van der Waals surface area contributed by atoms with Crippen molar-refractivity contribution in [2.45, 2.75) is 44.2 Å². The van der Waals surface area contributed by atoms with Crippen LogP contribution in [0.5, 0.6) is 0 Å². The Balaban J connectivity index is 1.55. The topological polar surface area (TPSA) is 53.6 Å². The average Bonchev–Trinajstić information content (AvgIpc) is 3.23. The SMILES string of the molecule is Fc1cc(-c2cccc(-c3ncn[nH]3)c2)cc(F)c1CNC1CCCCC1(F)F. The van der Waals surface area contributed by atoms with Crippen molar-refractivity contribution in [2.24, 2.45) is 0 Å². The van der Waals surface area contributed by atoms with Crippen molar-refractivity contribution in [1.82, 2.24) is 20.5 Å². The largest absolute Gasteiger partial charge is 0.304 e. The summed E-state index contributed by atoms with van der Waals surface area (Å²) in [5.74, 6) is -3.85. The molecule has 1 aromatic heterocycles. The fourth-order valence-corrected chi connectivity index (χ4v) is 3.70. The van der Waals surface area contributed by atoms with E-state index in [-0.39, 0.29) is 18.5 Å². The van der Waals surface area contributed by atoms with E-state index in [0.717, 1.165) is 5.56 Å². The minimum absolute atomic E-state index is 0.198. The first kappa shape index (κ1) is 19.6. The van der Waals surface area contributed by atoms with E-state index in [1.165, 1.54) is 18.5 Å². The first-order valence-electron chi connectivity index (χ1n) is 9.49. The van der Waals surface area contributed by atoms with E-state index < -0.39 is 23.6 Å². The van der Waals surface area contributed by atoms with Crippen LogP contribution in [-0.2, 0) is 6.54 Å². The molecule has 152 valence electrons. The molecular weight excluding hydrogens is 384 g/mol. The van der Waals surface area contributed by atoms with Crippen LogP contribution in [0.1, 0.15) is 31.2 Å². The summed E-state index contributed by atoms with van der Waals surface area (Å²) in [5, 5.41) is 9.18. The van der Waals surface area contributed by atoms with Crippen LogP contribution in [0.4, 0.5) is 17.6 Å². The molecule has 0 amide bonds. The molecule has 3 aromatic rings. The van der Waals surface area contributed by atoms with Gasteiger partial charge in [-0.15, -0.1) is 0 Å². The van der Waals surface area contributed by atoms with E-state index in [4.69, 9.17) is 0 Å². The molecule has 0 saturated heterocycles. The minimum atomic E-state index is -2.85. The van der Waals surface area contributed by atoms with Gasteiger partial charge in [-0.25, -0.2) is 22.5 Å². The van der Waals surface area contributed by atoms with Crippen LogP contribution < -0.4 is 5.32 Å². The lowest BCUT2D eigenvalue weighted by molar-refractivity contribution is -0.0642. The summed E-state index contributed by atoms with van der Waals surface area (Å²) in [7, 11) is 0. The van der Waals surface area contributed by atoms with Gasteiger partial charge in [0.05, 0.1) is 6.04 Å². The van der Waals surface area contributed by atoms with Crippen molar-refractivity contribution in [1.29, 1.82) is 0 Å². The highest BCUT2D eigenvalue weighted by atomic mass is 19.3. The van der Waals surface area contributed by atoms with E-state index >= 15 is 0 Å². The molecular formula is C21H20F4N4. The third-order valence-corrected chi connectivity index (χ3v) is 5.31. The normalized spacial score (nSPS) is 18.7. The minimum Gasteiger partial charge on any atom is -0.304 e. The van der Waals surface area contributed by atoms with Crippen LogP contribution in [0.2, 0.25) is 0 Å². The van der Waals surface area contributed by atoms with Crippen LogP contribution in [0.15, 0.2) is 42.7 Å². The highest BCUT2D eigenvalue weighted by Gasteiger charge is 2.41. The Labute approximate surface area is 165 Å². The van der Waals surface area contributed by atoms with E-state index in [0.29, 0.717) is 36.2 Å². The molecule has 1 heterocycles. The molecule has 1 aliphatic rings. The lowest BCUT2D eigenvalue weighted by atomic mass is 9.91. The van der Waals surface area contributed by atoms with Crippen molar-refractivity contribution in [3.05, 3.63) is 59.9 Å². The molecule has 4 nitrogen and oxygen atoms in total. The Morgan fingerprint density at radius 2 is 1.79 bits per heavy atom. The van der Waals surface area contributed by atoms with E-state index in [9.17, 15) is 17.6 Å². The number of hydrogen-bond donors (Lipinski definition) is 2. The van der Waals surface area contributed by atoms with Gasteiger partial charge in [-0.05, 0) is 42.2 Å². The number of halogens is 4. The van der Waals surface area contributed by atoms with Gasteiger partial charge in [0.2, 0.25) is 0 Å². The first-order valence-corrected chi connectivity index (χ1v) is 9.49. The number of rotatable bonds is 5. The number of H-pyrrole nitrogens is 1. The van der Waals surface area contributed by atoms with E-state index in [1.807, 2.05) is 0 Å². The Bertz CT molecular complexity index is 965. The Morgan fingerprint density at radius 1 is 1.03 bits per heavy atom. The Morgan fingerprint density at radius 3 is 2.48 bits per heavy atom. The van der Waals surface area contributed by atoms with Crippen molar-refractivity contribution in [3.8, 4) is 22.5 Å². The summed E-state index contributed by atoms with van der Waals surface area (Å²) in [6.45, 7) is -0.281. The molecule has 29 heavy (non-hydrogen) atoms. The summed E-state index contributed by atoms with van der Waals surface area (Å²) in [6.07, 6.45) is 2.62. The molecule has 1 unspecified atom stereocenters. The molecule has 2 N–H and O–H groups in total. The quantitative estimate of drug-likeness (QED) is 0.583. The van der Waals surface area contributed by atoms with Gasteiger partial charge in [0.15, 0.2) is 5.82 Å². The summed E-state index contributed by atoms with van der Waals surface area (Å²) < 4.78 is 57.1. The number of benzene rings is 2. The molecule has 2 aromatic carbocycles. The summed E-state index contributed by atoms with van der Waals surface area (Å²) in [4.78, 5) is 4.07. The van der Waals surface area contributed by atoms with Gasteiger partial charge < -0.3 is 5.32 Å². The average molecular weight is 404 g/mol. The summed E-state index contributed by atoms with van der Waals surface area (Å²) in [6, 6.07) is 8.41. The number of nitrogens with zero attached hydrogens (tertiary/aromatic N) is 2.